The second-order valence-electron chi connectivity index (χ2n) is 7.72. The molecule has 0 radical (unpaired) electrons. The highest BCUT2D eigenvalue weighted by Crippen LogP contribution is 2.32. The van der Waals surface area contributed by atoms with Gasteiger partial charge in [-0.05, 0) is 30.9 Å². The molecule has 0 saturated carbocycles. The second kappa shape index (κ2) is 7.41. The van der Waals surface area contributed by atoms with Crippen LogP contribution in [0.5, 0.6) is 0 Å². The number of hydrogen-bond acceptors (Lipinski definition) is 3. The molecule has 2 aliphatic heterocycles. The summed E-state index contributed by atoms with van der Waals surface area (Å²) >= 11 is 0. The van der Waals surface area contributed by atoms with Gasteiger partial charge in [0.15, 0.2) is 0 Å². The van der Waals surface area contributed by atoms with E-state index in [-0.39, 0.29) is 31.8 Å². The third-order valence-electron chi connectivity index (χ3n) is 5.89. The SMILES string of the molecule is O=C(CC1CCN(c2ccnc3ccccc23)CC1)N1CCC(F)(F)CC1. The number of nitrogens with zero attached hydrogens (tertiary/aromatic N) is 3. The van der Waals surface area contributed by atoms with E-state index in [2.05, 4.69) is 22.0 Å². The van der Waals surface area contributed by atoms with Crippen LogP contribution < -0.4 is 4.90 Å². The summed E-state index contributed by atoms with van der Waals surface area (Å²) in [4.78, 5) is 20.9. The van der Waals surface area contributed by atoms with Gasteiger partial charge in [-0.15, -0.1) is 0 Å². The number of aromatic nitrogens is 1. The molecule has 6 heteroatoms. The van der Waals surface area contributed by atoms with Crippen LogP contribution in [-0.2, 0) is 4.79 Å². The fourth-order valence-corrected chi connectivity index (χ4v) is 4.19. The maximum atomic E-state index is 13.3. The molecule has 0 bridgehead atoms. The standard InChI is InChI=1S/C21H25F2N3O/c22-21(23)8-13-26(14-9-21)20(27)15-16-6-11-25(12-7-16)19-5-10-24-18-4-2-1-3-17(18)19/h1-5,10,16H,6-9,11-15H2. The van der Waals surface area contributed by atoms with Gasteiger partial charge < -0.3 is 9.80 Å². The zero-order chi connectivity index (χ0) is 18.9. The molecule has 2 fully saturated rings. The zero-order valence-electron chi connectivity index (χ0n) is 15.4. The molecule has 1 aromatic carbocycles. The van der Waals surface area contributed by atoms with Crippen molar-refractivity contribution in [3.8, 4) is 0 Å². The third kappa shape index (κ3) is 4.04. The van der Waals surface area contributed by atoms with Crippen molar-refractivity contribution in [2.45, 2.75) is 38.0 Å². The molecule has 4 nitrogen and oxygen atoms in total. The Morgan fingerprint density at radius 1 is 1.07 bits per heavy atom. The first kappa shape index (κ1) is 18.1. The number of alkyl halides is 2. The van der Waals surface area contributed by atoms with Gasteiger partial charge in [0, 0.05) is 62.7 Å². The first-order valence-electron chi connectivity index (χ1n) is 9.76. The van der Waals surface area contributed by atoms with Gasteiger partial charge in [0.2, 0.25) is 5.91 Å². The summed E-state index contributed by atoms with van der Waals surface area (Å²) in [5.41, 5.74) is 2.19. The average Bonchev–Trinajstić information content (AvgIpc) is 2.68. The van der Waals surface area contributed by atoms with Crippen molar-refractivity contribution < 1.29 is 13.6 Å². The fourth-order valence-electron chi connectivity index (χ4n) is 4.19. The van der Waals surface area contributed by atoms with Crippen LogP contribution in [0.2, 0.25) is 0 Å². The molecule has 144 valence electrons. The number of piperidine rings is 2. The zero-order valence-corrected chi connectivity index (χ0v) is 15.4. The van der Waals surface area contributed by atoms with Crippen LogP contribution in [0.25, 0.3) is 10.9 Å². The normalized spacial score (nSPS) is 20.8. The Morgan fingerprint density at radius 2 is 1.78 bits per heavy atom. The van der Waals surface area contributed by atoms with Crippen LogP contribution in [0.3, 0.4) is 0 Å². The van der Waals surface area contributed by atoms with E-state index >= 15 is 0 Å². The number of carbonyl (C=O) groups is 1. The topological polar surface area (TPSA) is 36.4 Å². The van der Waals surface area contributed by atoms with Gasteiger partial charge in [-0.2, -0.15) is 0 Å². The minimum atomic E-state index is -2.60. The Kier molecular flexibility index (Phi) is 4.98. The second-order valence-corrected chi connectivity index (χ2v) is 7.72. The van der Waals surface area contributed by atoms with E-state index in [4.69, 9.17) is 0 Å². The Balaban J connectivity index is 1.33. The van der Waals surface area contributed by atoms with Gasteiger partial charge in [-0.3, -0.25) is 9.78 Å². The Morgan fingerprint density at radius 3 is 2.52 bits per heavy atom. The average molecular weight is 373 g/mol. The maximum absolute atomic E-state index is 13.3. The monoisotopic (exact) mass is 373 g/mol. The molecular weight excluding hydrogens is 348 g/mol. The van der Waals surface area contributed by atoms with Crippen LogP contribution in [0, 0.1) is 5.92 Å². The van der Waals surface area contributed by atoms with Crippen LogP contribution in [0.1, 0.15) is 32.1 Å². The van der Waals surface area contributed by atoms with Crippen molar-refractivity contribution in [2.24, 2.45) is 5.92 Å². The molecule has 0 N–H and O–H groups in total. The molecular formula is C21H25F2N3O. The summed E-state index contributed by atoms with van der Waals surface area (Å²) < 4.78 is 26.5. The van der Waals surface area contributed by atoms with E-state index in [9.17, 15) is 13.6 Å². The predicted molar refractivity (Wildman–Crippen MR) is 102 cm³/mol. The molecule has 27 heavy (non-hydrogen) atoms. The lowest BCUT2D eigenvalue weighted by Crippen LogP contribution is -2.44. The largest absolute Gasteiger partial charge is 0.371 e. The van der Waals surface area contributed by atoms with E-state index in [0.717, 1.165) is 36.8 Å². The summed E-state index contributed by atoms with van der Waals surface area (Å²) in [6.45, 7) is 2.19. The van der Waals surface area contributed by atoms with Crippen molar-refractivity contribution in [3.05, 3.63) is 36.5 Å². The number of rotatable bonds is 3. The highest BCUT2D eigenvalue weighted by Gasteiger charge is 2.36. The van der Waals surface area contributed by atoms with E-state index in [1.807, 2.05) is 24.4 Å². The number of fused-ring (bicyclic) bond motifs is 1. The van der Waals surface area contributed by atoms with Gasteiger partial charge in [0.25, 0.3) is 5.92 Å². The molecule has 1 aromatic heterocycles. The third-order valence-corrected chi connectivity index (χ3v) is 5.89. The van der Waals surface area contributed by atoms with Crippen LogP contribution in [0.4, 0.5) is 14.5 Å². The van der Waals surface area contributed by atoms with E-state index in [0.29, 0.717) is 12.3 Å². The molecule has 4 rings (SSSR count). The van der Waals surface area contributed by atoms with Crippen molar-refractivity contribution in [1.82, 2.24) is 9.88 Å². The number of halogens is 2. The van der Waals surface area contributed by atoms with Gasteiger partial charge in [0.1, 0.15) is 0 Å². The quantitative estimate of drug-likeness (QED) is 0.813. The molecule has 0 aliphatic carbocycles. The van der Waals surface area contributed by atoms with Crippen LogP contribution in [-0.4, -0.2) is 47.9 Å². The van der Waals surface area contributed by atoms with Crippen molar-refractivity contribution in [1.29, 1.82) is 0 Å². The van der Waals surface area contributed by atoms with Gasteiger partial charge in [0.05, 0.1) is 5.52 Å². The van der Waals surface area contributed by atoms with Crippen LogP contribution in [0.15, 0.2) is 36.5 Å². The van der Waals surface area contributed by atoms with Crippen molar-refractivity contribution >= 4 is 22.5 Å². The number of amides is 1. The number of anilines is 1. The number of carbonyl (C=O) groups excluding carboxylic acids is 1. The molecule has 0 spiro atoms. The molecule has 2 aliphatic rings. The molecule has 1 amide bonds. The summed E-state index contributed by atoms with van der Waals surface area (Å²) in [5.74, 6) is -2.22. The number of para-hydroxylation sites is 1. The Labute approximate surface area is 158 Å². The van der Waals surface area contributed by atoms with E-state index < -0.39 is 5.92 Å². The first-order chi connectivity index (χ1) is 13.0. The van der Waals surface area contributed by atoms with Crippen molar-refractivity contribution in [3.63, 3.8) is 0 Å². The summed E-state index contributed by atoms with van der Waals surface area (Å²) in [5, 5.41) is 1.16. The fraction of sp³-hybridized carbons (Fsp3) is 0.524. The molecule has 0 atom stereocenters. The van der Waals surface area contributed by atoms with Gasteiger partial charge in [-0.25, -0.2) is 8.78 Å². The number of likely N-dealkylation sites (tertiary alicyclic amines) is 1. The lowest BCUT2D eigenvalue weighted by atomic mass is 9.92. The smallest absolute Gasteiger partial charge is 0.251 e. The predicted octanol–water partition coefficient (Wildman–Crippen LogP) is 4.10. The Hall–Kier alpha value is -2.24. The minimum Gasteiger partial charge on any atom is -0.371 e. The maximum Gasteiger partial charge on any atom is 0.251 e. The number of hydrogen-bond donors (Lipinski definition) is 0. The highest BCUT2D eigenvalue weighted by molar-refractivity contribution is 5.91. The number of pyridine rings is 1. The van der Waals surface area contributed by atoms with Crippen LogP contribution >= 0.6 is 0 Å². The summed E-state index contributed by atoms with van der Waals surface area (Å²) in [7, 11) is 0. The van der Waals surface area contributed by atoms with Gasteiger partial charge >= 0.3 is 0 Å². The number of benzene rings is 1. The van der Waals surface area contributed by atoms with Crippen molar-refractivity contribution in [2.75, 3.05) is 31.1 Å². The molecule has 3 heterocycles. The summed E-state index contributed by atoms with van der Waals surface area (Å²) in [6.07, 6.45) is 3.83. The Bertz CT molecular complexity index is 803. The van der Waals surface area contributed by atoms with E-state index in [1.165, 1.54) is 5.69 Å². The lowest BCUT2D eigenvalue weighted by Gasteiger charge is -2.36. The highest BCUT2D eigenvalue weighted by atomic mass is 19.3. The molecule has 2 aromatic rings. The lowest BCUT2D eigenvalue weighted by molar-refractivity contribution is -0.138. The molecule has 2 saturated heterocycles. The van der Waals surface area contributed by atoms with E-state index in [1.54, 1.807) is 4.90 Å². The first-order valence-corrected chi connectivity index (χ1v) is 9.76. The summed E-state index contributed by atoms with van der Waals surface area (Å²) in [6, 6.07) is 10.2. The molecule has 0 unspecified atom stereocenters. The minimum absolute atomic E-state index is 0.0401. The van der Waals surface area contributed by atoms with Gasteiger partial charge in [-0.1, -0.05) is 18.2 Å².